The molecule has 1 unspecified atom stereocenters. The number of carbonyl (C=O) groups is 1. The molecule has 1 aromatic rings. The first-order valence-corrected chi connectivity index (χ1v) is 8.16. The van der Waals surface area contributed by atoms with Crippen molar-refractivity contribution in [3.05, 3.63) is 35.4 Å². The van der Waals surface area contributed by atoms with Crippen LogP contribution in [0, 0.1) is 17.2 Å². The summed E-state index contributed by atoms with van der Waals surface area (Å²) in [6.45, 7) is 1.41. The number of benzene rings is 1. The molecule has 0 saturated heterocycles. The standard InChI is InChI=1S/C14H16N2O4S/c1-14(13(17)18,12-6-7-12)16-21(19,20)9-11-4-2-10(8-15)3-5-11/h2-5,12,16H,6-7,9H2,1H3,(H,17,18). The smallest absolute Gasteiger partial charge is 0.324 e. The minimum absolute atomic E-state index is 0.161. The molecule has 0 spiro atoms. The first-order valence-electron chi connectivity index (χ1n) is 6.51. The normalized spacial score (nSPS) is 17.7. The second-order valence-corrected chi connectivity index (χ2v) is 7.17. The molecule has 6 nitrogen and oxygen atoms in total. The highest BCUT2D eigenvalue weighted by atomic mass is 32.2. The van der Waals surface area contributed by atoms with Gasteiger partial charge in [-0.2, -0.15) is 9.98 Å². The Bertz CT molecular complexity index is 687. The molecular weight excluding hydrogens is 292 g/mol. The summed E-state index contributed by atoms with van der Waals surface area (Å²) in [7, 11) is -3.78. The van der Waals surface area contributed by atoms with E-state index in [4.69, 9.17) is 5.26 Å². The lowest BCUT2D eigenvalue weighted by Crippen LogP contribution is -2.54. The first kappa shape index (κ1) is 15.5. The van der Waals surface area contributed by atoms with Crippen molar-refractivity contribution in [2.24, 2.45) is 5.92 Å². The Hall–Kier alpha value is -1.91. The van der Waals surface area contributed by atoms with Gasteiger partial charge in [-0.1, -0.05) is 12.1 Å². The number of carboxylic acid groups (broad SMARTS) is 1. The van der Waals surface area contributed by atoms with Crippen LogP contribution in [0.15, 0.2) is 24.3 Å². The number of aliphatic carboxylic acids is 1. The second-order valence-electron chi connectivity index (χ2n) is 5.45. The molecule has 112 valence electrons. The monoisotopic (exact) mass is 308 g/mol. The minimum Gasteiger partial charge on any atom is -0.480 e. The molecule has 1 saturated carbocycles. The number of hydrogen-bond acceptors (Lipinski definition) is 4. The highest BCUT2D eigenvalue weighted by molar-refractivity contribution is 7.88. The Morgan fingerprint density at radius 1 is 1.43 bits per heavy atom. The summed E-state index contributed by atoms with van der Waals surface area (Å²) in [6, 6.07) is 8.11. The van der Waals surface area contributed by atoms with Crippen LogP contribution in [0.4, 0.5) is 0 Å². The molecule has 1 aliphatic rings. The van der Waals surface area contributed by atoms with Gasteiger partial charge in [-0.3, -0.25) is 4.79 Å². The van der Waals surface area contributed by atoms with Gasteiger partial charge in [0.15, 0.2) is 0 Å². The third kappa shape index (κ3) is 3.60. The van der Waals surface area contributed by atoms with Crippen molar-refractivity contribution in [1.82, 2.24) is 4.72 Å². The summed E-state index contributed by atoms with van der Waals surface area (Å²) >= 11 is 0. The van der Waals surface area contributed by atoms with Gasteiger partial charge in [-0.25, -0.2) is 8.42 Å². The van der Waals surface area contributed by atoms with Crippen LogP contribution in [0.1, 0.15) is 30.9 Å². The molecule has 1 atom stereocenters. The molecule has 2 N–H and O–H groups in total. The zero-order valence-corrected chi connectivity index (χ0v) is 12.4. The maximum atomic E-state index is 12.2. The Balaban J connectivity index is 2.14. The number of hydrogen-bond donors (Lipinski definition) is 2. The summed E-state index contributed by atoms with van der Waals surface area (Å²) in [5.74, 6) is -1.63. The average molecular weight is 308 g/mol. The highest BCUT2D eigenvalue weighted by Crippen LogP contribution is 2.40. The van der Waals surface area contributed by atoms with E-state index in [2.05, 4.69) is 4.72 Å². The lowest BCUT2D eigenvalue weighted by atomic mass is 9.98. The Labute approximate surface area is 123 Å². The van der Waals surface area contributed by atoms with Crippen molar-refractivity contribution in [1.29, 1.82) is 5.26 Å². The number of nitrogens with one attached hydrogen (secondary N) is 1. The highest BCUT2D eigenvalue weighted by Gasteiger charge is 2.49. The number of nitrogens with zero attached hydrogens (tertiary/aromatic N) is 1. The number of carboxylic acids is 1. The molecule has 7 heteroatoms. The van der Waals surface area contributed by atoms with Gasteiger partial charge in [0.1, 0.15) is 5.54 Å². The zero-order chi connectivity index (χ0) is 15.7. The van der Waals surface area contributed by atoms with E-state index in [1.165, 1.54) is 19.1 Å². The van der Waals surface area contributed by atoms with Crippen LogP contribution >= 0.6 is 0 Å². The van der Waals surface area contributed by atoms with E-state index >= 15 is 0 Å². The molecule has 0 amide bonds. The van der Waals surface area contributed by atoms with Crippen LogP contribution < -0.4 is 4.72 Å². The average Bonchev–Trinajstić information content (AvgIpc) is 3.22. The van der Waals surface area contributed by atoms with Gasteiger partial charge < -0.3 is 5.11 Å². The van der Waals surface area contributed by atoms with Gasteiger partial charge in [-0.15, -0.1) is 0 Å². The predicted octanol–water partition coefficient (Wildman–Crippen LogP) is 1.23. The molecule has 0 heterocycles. The van der Waals surface area contributed by atoms with Gasteiger partial charge in [0.05, 0.1) is 17.4 Å². The third-order valence-corrected chi connectivity index (χ3v) is 5.09. The molecule has 1 aromatic carbocycles. The van der Waals surface area contributed by atoms with Crippen molar-refractivity contribution in [3.63, 3.8) is 0 Å². The molecule has 1 aliphatic carbocycles. The van der Waals surface area contributed by atoms with Crippen molar-refractivity contribution < 1.29 is 18.3 Å². The van der Waals surface area contributed by atoms with Crippen LogP contribution in [0.5, 0.6) is 0 Å². The van der Waals surface area contributed by atoms with E-state index in [0.29, 0.717) is 24.0 Å². The fourth-order valence-electron chi connectivity index (χ4n) is 2.22. The van der Waals surface area contributed by atoms with Crippen molar-refractivity contribution in [2.45, 2.75) is 31.1 Å². The minimum atomic E-state index is -3.78. The summed E-state index contributed by atoms with van der Waals surface area (Å²) in [5.41, 5.74) is -0.506. The van der Waals surface area contributed by atoms with Crippen LogP contribution in [-0.2, 0) is 20.6 Å². The van der Waals surface area contributed by atoms with Gasteiger partial charge in [0.2, 0.25) is 10.0 Å². The fraction of sp³-hybridized carbons (Fsp3) is 0.429. The zero-order valence-electron chi connectivity index (χ0n) is 11.5. The summed E-state index contributed by atoms with van der Waals surface area (Å²) < 4.78 is 26.7. The van der Waals surface area contributed by atoms with Gasteiger partial charge in [0, 0.05) is 0 Å². The number of sulfonamides is 1. The van der Waals surface area contributed by atoms with Crippen LogP contribution in [0.25, 0.3) is 0 Å². The lowest BCUT2D eigenvalue weighted by molar-refractivity contribution is -0.144. The van der Waals surface area contributed by atoms with E-state index < -0.39 is 21.5 Å². The summed E-state index contributed by atoms with van der Waals surface area (Å²) in [6.07, 6.45) is 1.42. The maximum Gasteiger partial charge on any atom is 0.324 e. The SMILES string of the molecule is CC(NS(=O)(=O)Cc1ccc(C#N)cc1)(C(=O)O)C1CC1. The quantitative estimate of drug-likeness (QED) is 0.822. The molecule has 0 radical (unpaired) electrons. The topological polar surface area (TPSA) is 107 Å². The molecule has 2 rings (SSSR count). The lowest BCUT2D eigenvalue weighted by Gasteiger charge is -2.25. The van der Waals surface area contributed by atoms with E-state index in [1.54, 1.807) is 12.1 Å². The van der Waals surface area contributed by atoms with Crippen LogP contribution in [-0.4, -0.2) is 25.0 Å². The van der Waals surface area contributed by atoms with Crippen LogP contribution in [0.2, 0.25) is 0 Å². The van der Waals surface area contributed by atoms with E-state index in [-0.39, 0.29) is 11.7 Å². The molecule has 0 aromatic heterocycles. The Morgan fingerprint density at radius 2 is 2.00 bits per heavy atom. The van der Waals surface area contributed by atoms with Gasteiger partial charge in [0.25, 0.3) is 0 Å². The number of rotatable bonds is 6. The number of nitriles is 1. The molecule has 0 bridgehead atoms. The van der Waals surface area contributed by atoms with E-state index in [1.807, 2.05) is 6.07 Å². The summed E-state index contributed by atoms with van der Waals surface area (Å²) in [5, 5.41) is 18.0. The third-order valence-electron chi connectivity index (χ3n) is 3.65. The van der Waals surface area contributed by atoms with Crippen molar-refractivity contribution in [3.8, 4) is 6.07 Å². The van der Waals surface area contributed by atoms with Crippen molar-refractivity contribution in [2.75, 3.05) is 0 Å². The van der Waals surface area contributed by atoms with Crippen LogP contribution in [0.3, 0.4) is 0 Å². The fourth-order valence-corrected chi connectivity index (χ4v) is 3.82. The summed E-state index contributed by atoms with van der Waals surface area (Å²) in [4.78, 5) is 11.4. The maximum absolute atomic E-state index is 12.2. The molecule has 1 fully saturated rings. The predicted molar refractivity (Wildman–Crippen MR) is 75.7 cm³/mol. The van der Waals surface area contributed by atoms with E-state index in [0.717, 1.165) is 0 Å². The first-order chi connectivity index (χ1) is 9.77. The molecule has 0 aliphatic heterocycles. The Kier molecular flexibility index (Phi) is 4.03. The largest absolute Gasteiger partial charge is 0.480 e. The van der Waals surface area contributed by atoms with Crippen molar-refractivity contribution >= 4 is 16.0 Å². The van der Waals surface area contributed by atoms with Gasteiger partial charge in [-0.05, 0) is 43.4 Å². The Morgan fingerprint density at radius 3 is 2.43 bits per heavy atom. The second kappa shape index (κ2) is 5.47. The molecule has 21 heavy (non-hydrogen) atoms. The van der Waals surface area contributed by atoms with Gasteiger partial charge >= 0.3 is 5.97 Å². The molecular formula is C14H16N2O4S. The van der Waals surface area contributed by atoms with E-state index in [9.17, 15) is 18.3 Å².